The third kappa shape index (κ3) is 3.43. The first-order valence-corrected chi connectivity index (χ1v) is 13.8. The highest BCUT2D eigenvalue weighted by Crippen LogP contribution is 2.40. The first kappa shape index (κ1) is 22.9. The molecule has 0 amide bonds. The number of hydrogen-bond donors (Lipinski definition) is 0. The van der Waals surface area contributed by atoms with Crippen LogP contribution in [0, 0.1) is 5.92 Å². The summed E-state index contributed by atoms with van der Waals surface area (Å²) in [4.78, 5) is 7.15. The Hall–Kier alpha value is -5.09. The summed E-state index contributed by atoms with van der Waals surface area (Å²) in [7, 11) is 0. The van der Waals surface area contributed by atoms with Crippen LogP contribution in [0.25, 0.3) is 49.4 Å². The van der Waals surface area contributed by atoms with Gasteiger partial charge in [0.1, 0.15) is 11.3 Å². The minimum absolute atomic E-state index is 0.203. The van der Waals surface area contributed by atoms with E-state index in [0.717, 1.165) is 50.0 Å². The van der Waals surface area contributed by atoms with Crippen LogP contribution < -0.4 is 4.90 Å². The SMILES string of the molecule is CC1C=CC=CC1N(c1ccccc1)c1ccc2oc3c(-n4c5ccccc5c5ccccc54)cncc3c2c1. The molecule has 0 spiro atoms. The van der Waals surface area contributed by atoms with Gasteiger partial charge in [-0.15, -0.1) is 0 Å². The van der Waals surface area contributed by atoms with E-state index in [4.69, 9.17) is 9.40 Å². The lowest BCUT2D eigenvalue weighted by atomic mass is 9.94. The molecule has 3 heterocycles. The van der Waals surface area contributed by atoms with Crippen molar-refractivity contribution in [3.8, 4) is 5.69 Å². The molecule has 0 bridgehead atoms. The fourth-order valence-electron chi connectivity index (χ4n) is 6.26. The molecule has 4 heteroatoms. The van der Waals surface area contributed by atoms with Crippen LogP contribution in [0.2, 0.25) is 0 Å². The summed E-state index contributed by atoms with van der Waals surface area (Å²) >= 11 is 0. The van der Waals surface area contributed by atoms with Gasteiger partial charge in [0.15, 0.2) is 5.58 Å². The van der Waals surface area contributed by atoms with E-state index in [2.05, 4.69) is 138 Å². The van der Waals surface area contributed by atoms with E-state index in [1.165, 1.54) is 10.8 Å². The van der Waals surface area contributed by atoms with Gasteiger partial charge in [0.05, 0.1) is 23.3 Å². The average molecular weight is 518 g/mol. The number of allylic oxidation sites excluding steroid dienone is 2. The average Bonchev–Trinajstić information content (AvgIpc) is 3.55. The summed E-state index contributed by atoms with van der Waals surface area (Å²) in [5.41, 5.74) is 7.21. The fourth-order valence-corrected chi connectivity index (χ4v) is 6.26. The van der Waals surface area contributed by atoms with Crippen molar-refractivity contribution in [1.82, 2.24) is 9.55 Å². The van der Waals surface area contributed by atoms with Crippen LogP contribution in [-0.2, 0) is 0 Å². The standard InChI is InChI=1S/C36H27N3O/c1-24-11-5-8-16-31(24)38(25-12-3-2-4-13-25)26-19-20-35-29(21-26)30-22-37-23-34(36(30)40-35)39-32-17-9-6-14-27(32)28-15-7-10-18-33(28)39/h2-24,31H,1H3. The van der Waals surface area contributed by atoms with Crippen LogP contribution in [0.1, 0.15) is 6.92 Å². The molecule has 0 radical (unpaired) electrons. The molecule has 0 N–H and O–H groups in total. The number of benzene rings is 4. The molecule has 3 aromatic heterocycles. The van der Waals surface area contributed by atoms with Gasteiger partial charge in [-0.3, -0.25) is 4.98 Å². The van der Waals surface area contributed by atoms with Gasteiger partial charge in [0, 0.05) is 39.1 Å². The van der Waals surface area contributed by atoms with Gasteiger partial charge in [-0.05, 0) is 48.4 Å². The zero-order valence-corrected chi connectivity index (χ0v) is 22.1. The van der Waals surface area contributed by atoms with E-state index in [1.807, 2.05) is 12.4 Å². The summed E-state index contributed by atoms with van der Waals surface area (Å²) in [6, 6.07) is 34.4. The van der Waals surface area contributed by atoms with Crippen molar-refractivity contribution in [2.75, 3.05) is 4.90 Å². The second-order valence-electron chi connectivity index (χ2n) is 10.5. The van der Waals surface area contributed by atoms with Crippen molar-refractivity contribution in [3.63, 3.8) is 0 Å². The Morgan fingerprint density at radius 3 is 2.12 bits per heavy atom. The Morgan fingerprint density at radius 2 is 1.38 bits per heavy atom. The van der Waals surface area contributed by atoms with Crippen molar-refractivity contribution in [1.29, 1.82) is 0 Å². The smallest absolute Gasteiger partial charge is 0.162 e. The second-order valence-corrected chi connectivity index (χ2v) is 10.5. The van der Waals surface area contributed by atoms with Gasteiger partial charge in [0.2, 0.25) is 0 Å². The van der Waals surface area contributed by atoms with E-state index in [1.54, 1.807) is 0 Å². The quantitative estimate of drug-likeness (QED) is 0.233. The fraction of sp³-hybridized carbons (Fsp3) is 0.0833. The molecular weight excluding hydrogens is 490 g/mol. The van der Waals surface area contributed by atoms with E-state index >= 15 is 0 Å². The van der Waals surface area contributed by atoms with Gasteiger partial charge in [-0.1, -0.05) is 85.8 Å². The number of para-hydroxylation sites is 3. The third-order valence-electron chi connectivity index (χ3n) is 8.15. The summed E-state index contributed by atoms with van der Waals surface area (Å²) in [5, 5.41) is 4.51. The number of furan rings is 1. The Labute approximate surface area is 232 Å². The predicted octanol–water partition coefficient (Wildman–Crippen LogP) is 9.35. The highest BCUT2D eigenvalue weighted by molar-refractivity contribution is 6.12. The zero-order valence-electron chi connectivity index (χ0n) is 22.1. The molecular formula is C36H27N3O. The molecule has 2 atom stereocenters. The Morgan fingerprint density at radius 1 is 0.675 bits per heavy atom. The molecule has 1 aliphatic rings. The maximum atomic E-state index is 6.61. The number of nitrogens with zero attached hydrogens (tertiary/aromatic N) is 3. The minimum Gasteiger partial charge on any atom is -0.454 e. The molecule has 40 heavy (non-hydrogen) atoms. The molecule has 0 saturated heterocycles. The number of rotatable bonds is 4. The maximum Gasteiger partial charge on any atom is 0.162 e. The largest absolute Gasteiger partial charge is 0.454 e. The van der Waals surface area contributed by atoms with Crippen LogP contribution in [0.15, 0.2) is 138 Å². The Balaban J connectivity index is 1.35. The first-order chi connectivity index (χ1) is 19.8. The van der Waals surface area contributed by atoms with Crippen molar-refractivity contribution < 1.29 is 4.42 Å². The molecule has 0 saturated carbocycles. The maximum absolute atomic E-state index is 6.61. The third-order valence-corrected chi connectivity index (χ3v) is 8.15. The van der Waals surface area contributed by atoms with Gasteiger partial charge >= 0.3 is 0 Å². The summed E-state index contributed by atoms with van der Waals surface area (Å²) < 4.78 is 8.89. The van der Waals surface area contributed by atoms with Crippen molar-refractivity contribution >= 4 is 55.1 Å². The van der Waals surface area contributed by atoms with Crippen LogP contribution >= 0.6 is 0 Å². The lowest BCUT2D eigenvalue weighted by Crippen LogP contribution is -2.35. The first-order valence-electron chi connectivity index (χ1n) is 13.8. The predicted molar refractivity (Wildman–Crippen MR) is 166 cm³/mol. The molecule has 192 valence electrons. The summed E-state index contributed by atoms with van der Waals surface area (Å²) in [5.74, 6) is 0.366. The van der Waals surface area contributed by atoms with Gasteiger partial charge < -0.3 is 13.9 Å². The second kappa shape index (κ2) is 8.99. The number of pyridine rings is 1. The summed E-state index contributed by atoms with van der Waals surface area (Å²) in [6.45, 7) is 2.27. The van der Waals surface area contributed by atoms with Crippen molar-refractivity contribution in [3.05, 3.63) is 134 Å². The molecule has 2 unspecified atom stereocenters. The van der Waals surface area contributed by atoms with E-state index < -0.39 is 0 Å². The number of anilines is 2. The van der Waals surface area contributed by atoms with E-state index in [0.29, 0.717) is 5.92 Å². The molecule has 7 aromatic rings. The summed E-state index contributed by atoms with van der Waals surface area (Å²) in [6.07, 6.45) is 12.7. The molecule has 8 rings (SSSR count). The Kier molecular flexibility index (Phi) is 5.14. The normalized spacial score (nSPS) is 16.9. The zero-order chi connectivity index (χ0) is 26.6. The highest BCUT2D eigenvalue weighted by atomic mass is 16.3. The van der Waals surface area contributed by atoms with E-state index in [-0.39, 0.29) is 6.04 Å². The van der Waals surface area contributed by atoms with Gasteiger partial charge in [-0.25, -0.2) is 0 Å². The van der Waals surface area contributed by atoms with Crippen LogP contribution in [0.5, 0.6) is 0 Å². The minimum atomic E-state index is 0.203. The lowest BCUT2D eigenvalue weighted by Gasteiger charge is -2.36. The number of fused-ring (bicyclic) bond motifs is 6. The lowest BCUT2D eigenvalue weighted by molar-refractivity contribution is 0.609. The topological polar surface area (TPSA) is 34.2 Å². The highest BCUT2D eigenvalue weighted by Gasteiger charge is 2.25. The van der Waals surface area contributed by atoms with Crippen LogP contribution in [0.4, 0.5) is 11.4 Å². The molecule has 0 fully saturated rings. The number of hydrogen-bond acceptors (Lipinski definition) is 3. The monoisotopic (exact) mass is 517 g/mol. The van der Waals surface area contributed by atoms with Crippen LogP contribution in [0.3, 0.4) is 0 Å². The van der Waals surface area contributed by atoms with Crippen molar-refractivity contribution in [2.45, 2.75) is 13.0 Å². The number of aromatic nitrogens is 2. The van der Waals surface area contributed by atoms with Crippen molar-refractivity contribution in [2.24, 2.45) is 5.92 Å². The molecule has 4 aromatic carbocycles. The molecule has 1 aliphatic carbocycles. The Bertz CT molecular complexity index is 2040. The van der Waals surface area contributed by atoms with Crippen LogP contribution in [-0.4, -0.2) is 15.6 Å². The molecule has 0 aliphatic heterocycles. The van der Waals surface area contributed by atoms with Gasteiger partial charge in [-0.2, -0.15) is 0 Å². The molecule has 4 nitrogen and oxygen atoms in total. The van der Waals surface area contributed by atoms with E-state index in [9.17, 15) is 0 Å². The van der Waals surface area contributed by atoms with Gasteiger partial charge in [0.25, 0.3) is 0 Å².